The molecule has 1 amide bonds. The van der Waals surface area contributed by atoms with Gasteiger partial charge in [-0.25, -0.2) is 13.4 Å². The molecule has 0 spiro atoms. The molecular weight excluding hydrogens is 562 g/mol. The van der Waals surface area contributed by atoms with Crippen molar-refractivity contribution in [2.75, 3.05) is 37.0 Å². The smallest absolute Gasteiger partial charge is 0.261 e. The van der Waals surface area contributed by atoms with Gasteiger partial charge in [0, 0.05) is 22.9 Å². The summed E-state index contributed by atoms with van der Waals surface area (Å²) in [4.78, 5) is 20.2. The van der Waals surface area contributed by atoms with Crippen LogP contribution in [0.2, 0.25) is 5.02 Å². The van der Waals surface area contributed by atoms with Crippen LogP contribution in [0.25, 0.3) is 10.2 Å². The van der Waals surface area contributed by atoms with Gasteiger partial charge in [0.05, 0.1) is 31.8 Å². The van der Waals surface area contributed by atoms with Gasteiger partial charge in [-0.1, -0.05) is 22.9 Å². The van der Waals surface area contributed by atoms with E-state index in [9.17, 15) is 13.2 Å². The number of fused-ring (bicyclic) bond motifs is 1. The zero-order valence-corrected chi connectivity index (χ0v) is 23.6. The molecule has 39 heavy (non-hydrogen) atoms. The molecule has 4 aromatic rings. The van der Waals surface area contributed by atoms with E-state index in [1.165, 1.54) is 35.6 Å². The van der Waals surface area contributed by atoms with Crippen LogP contribution in [0, 0.1) is 0 Å². The molecule has 5 rings (SSSR count). The molecule has 1 aliphatic rings. The Hall–Kier alpha value is -3.38. The number of hydrogen-bond acceptors (Lipinski definition) is 8. The number of halogens is 1. The second-order valence-corrected chi connectivity index (χ2v) is 11.9. The fourth-order valence-electron chi connectivity index (χ4n) is 4.29. The van der Waals surface area contributed by atoms with Crippen LogP contribution >= 0.6 is 22.9 Å². The fraction of sp³-hybridized carbons (Fsp3) is 0.259. The van der Waals surface area contributed by atoms with Gasteiger partial charge in [-0.2, -0.15) is 0 Å². The summed E-state index contributed by atoms with van der Waals surface area (Å²) in [7, 11) is -0.669. The maximum atomic E-state index is 13.8. The van der Waals surface area contributed by atoms with E-state index in [2.05, 4.69) is 4.72 Å². The van der Waals surface area contributed by atoms with Crippen molar-refractivity contribution in [2.45, 2.75) is 23.8 Å². The molecule has 1 aliphatic heterocycles. The van der Waals surface area contributed by atoms with Crippen LogP contribution in [0.1, 0.15) is 23.2 Å². The maximum Gasteiger partial charge on any atom is 0.261 e. The van der Waals surface area contributed by atoms with E-state index in [0.717, 1.165) is 17.5 Å². The molecule has 1 unspecified atom stereocenters. The van der Waals surface area contributed by atoms with Gasteiger partial charge < -0.3 is 14.2 Å². The van der Waals surface area contributed by atoms with Gasteiger partial charge in [0.2, 0.25) is 0 Å². The number of sulfonamides is 1. The lowest BCUT2D eigenvalue weighted by molar-refractivity contribution is 0.0917. The Balaban J connectivity index is 1.44. The minimum absolute atomic E-state index is 0.0801. The lowest BCUT2D eigenvalue weighted by Crippen LogP contribution is -2.37. The molecule has 9 nitrogen and oxygen atoms in total. The van der Waals surface area contributed by atoms with Crippen molar-refractivity contribution in [3.05, 3.63) is 71.2 Å². The van der Waals surface area contributed by atoms with Crippen LogP contribution in [0.4, 0.5) is 10.8 Å². The zero-order valence-electron chi connectivity index (χ0n) is 21.2. The summed E-state index contributed by atoms with van der Waals surface area (Å²) in [5.74, 6) is 0.932. The van der Waals surface area contributed by atoms with Crippen molar-refractivity contribution in [3.63, 3.8) is 0 Å². The van der Waals surface area contributed by atoms with E-state index in [0.29, 0.717) is 51.6 Å². The van der Waals surface area contributed by atoms with Crippen LogP contribution < -0.4 is 19.1 Å². The molecule has 1 aromatic heterocycles. The van der Waals surface area contributed by atoms with Crippen molar-refractivity contribution in [1.82, 2.24) is 4.98 Å². The number of carbonyl (C=O) groups is 1. The van der Waals surface area contributed by atoms with Crippen LogP contribution in [-0.2, 0) is 14.8 Å². The number of nitrogens with zero attached hydrogens (tertiary/aromatic N) is 2. The van der Waals surface area contributed by atoms with E-state index in [1.807, 2.05) is 0 Å². The van der Waals surface area contributed by atoms with Gasteiger partial charge in [0.25, 0.3) is 15.9 Å². The number of amides is 1. The highest BCUT2D eigenvalue weighted by Crippen LogP contribution is 2.40. The third kappa shape index (κ3) is 5.81. The fourth-order valence-corrected chi connectivity index (χ4v) is 6.56. The lowest BCUT2D eigenvalue weighted by atomic mass is 10.1. The number of nitrogens with one attached hydrogen (secondary N) is 1. The van der Waals surface area contributed by atoms with Gasteiger partial charge >= 0.3 is 0 Å². The number of thiazole rings is 1. The standard InChI is InChI=1S/C27H26ClN3O6S2/c1-35-22-13-14-23(36-2)25-24(22)29-27(38-25)31(16-20-4-3-15-37-20)26(32)17-5-9-19(10-6-17)30-39(33,34)21-11-7-18(28)8-12-21/h5-14,20,30H,3-4,15-16H2,1-2H3. The molecule has 1 fully saturated rings. The van der Waals surface area contributed by atoms with E-state index in [1.54, 1.807) is 55.5 Å². The Morgan fingerprint density at radius 2 is 1.77 bits per heavy atom. The molecule has 0 bridgehead atoms. The van der Waals surface area contributed by atoms with Crippen molar-refractivity contribution in [3.8, 4) is 11.5 Å². The first-order chi connectivity index (χ1) is 18.8. The molecule has 2 heterocycles. The second-order valence-electron chi connectivity index (χ2n) is 8.83. The SMILES string of the molecule is COc1ccc(OC)c2sc(N(CC3CCCO3)C(=O)c3ccc(NS(=O)(=O)c4ccc(Cl)cc4)cc3)nc12. The first kappa shape index (κ1) is 27.2. The average Bonchev–Trinajstić information content (AvgIpc) is 3.61. The van der Waals surface area contributed by atoms with E-state index in [4.69, 9.17) is 30.8 Å². The predicted molar refractivity (Wildman–Crippen MR) is 152 cm³/mol. The zero-order chi connectivity index (χ0) is 27.6. The number of anilines is 2. The van der Waals surface area contributed by atoms with Gasteiger partial charge in [-0.15, -0.1) is 0 Å². The normalized spacial score (nSPS) is 15.3. The highest BCUT2D eigenvalue weighted by molar-refractivity contribution is 7.92. The summed E-state index contributed by atoms with van der Waals surface area (Å²) in [6, 6.07) is 15.7. The molecular formula is C27H26ClN3O6S2. The van der Waals surface area contributed by atoms with E-state index in [-0.39, 0.29) is 16.9 Å². The van der Waals surface area contributed by atoms with Crippen LogP contribution in [0.5, 0.6) is 11.5 Å². The molecule has 1 N–H and O–H groups in total. The summed E-state index contributed by atoms with van der Waals surface area (Å²) >= 11 is 7.20. The van der Waals surface area contributed by atoms with Crippen molar-refractivity contribution in [2.24, 2.45) is 0 Å². The summed E-state index contributed by atoms with van der Waals surface area (Å²) in [6.07, 6.45) is 1.65. The van der Waals surface area contributed by atoms with Gasteiger partial charge in [-0.3, -0.25) is 14.4 Å². The number of aromatic nitrogens is 1. The van der Waals surface area contributed by atoms with Gasteiger partial charge in [0.1, 0.15) is 21.7 Å². The summed E-state index contributed by atoms with van der Waals surface area (Å²) in [5, 5.41) is 0.926. The van der Waals surface area contributed by atoms with Crippen LogP contribution in [-0.4, -0.2) is 52.8 Å². The molecule has 0 aliphatic carbocycles. The average molecular weight is 588 g/mol. The number of ether oxygens (including phenoxy) is 3. The Morgan fingerprint density at radius 1 is 1.08 bits per heavy atom. The number of hydrogen-bond donors (Lipinski definition) is 1. The van der Waals surface area contributed by atoms with Gasteiger partial charge in [-0.05, 0) is 73.5 Å². The number of benzene rings is 3. The minimum atomic E-state index is -3.82. The summed E-state index contributed by atoms with van der Waals surface area (Å²) in [6.45, 7) is 0.977. The predicted octanol–water partition coefficient (Wildman–Crippen LogP) is 5.59. The molecule has 12 heteroatoms. The molecule has 0 saturated carbocycles. The molecule has 3 aromatic carbocycles. The Morgan fingerprint density at radius 3 is 2.41 bits per heavy atom. The van der Waals surface area contributed by atoms with E-state index < -0.39 is 10.0 Å². The summed E-state index contributed by atoms with van der Waals surface area (Å²) in [5.41, 5.74) is 1.30. The summed E-state index contributed by atoms with van der Waals surface area (Å²) < 4.78 is 45.6. The van der Waals surface area contributed by atoms with Crippen LogP contribution in [0.15, 0.2) is 65.6 Å². The third-order valence-electron chi connectivity index (χ3n) is 6.29. The van der Waals surface area contributed by atoms with E-state index >= 15 is 0 Å². The largest absolute Gasteiger partial charge is 0.495 e. The minimum Gasteiger partial charge on any atom is -0.495 e. The highest BCUT2D eigenvalue weighted by Gasteiger charge is 2.28. The quantitative estimate of drug-likeness (QED) is 0.272. The van der Waals surface area contributed by atoms with Crippen molar-refractivity contribution in [1.29, 1.82) is 0 Å². The first-order valence-corrected chi connectivity index (χ1v) is 14.8. The molecule has 0 radical (unpaired) electrons. The third-order valence-corrected chi connectivity index (χ3v) is 9.04. The number of carbonyl (C=O) groups excluding carboxylic acids is 1. The Kier molecular flexibility index (Phi) is 7.94. The van der Waals surface area contributed by atoms with Crippen molar-refractivity contribution < 1.29 is 27.4 Å². The maximum absolute atomic E-state index is 13.8. The lowest BCUT2D eigenvalue weighted by Gasteiger charge is -2.23. The van der Waals surface area contributed by atoms with Crippen molar-refractivity contribution >= 4 is 59.9 Å². The van der Waals surface area contributed by atoms with Crippen LogP contribution in [0.3, 0.4) is 0 Å². The topological polar surface area (TPSA) is 107 Å². The molecule has 204 valence electrons. The molecule has 1 atom stereocenters. The Bertz CT molecular complexity index is 1540. The number of rotatable bonds is 9. The van der Waals surface area contributed by atoms with Gasteiger partial charge in [0.15, 0.2) is 5.13 Å². The first-order valence-electron chi connectivity index (χ1n) is 12.1. The monoisotopic (exact) mass is 587 g/mol. The second kappa shape index (κ2) is 11.4. The Labute approximate surface area is 235 Å². The molecule has 1 saturated heterocycles. The highest BCUT2D eigenvalue weighted by atomic mass is 35.5. The number of methoxy groups -OCH3 is 2.